The molecule has 1 saturated carbocycles. The monoisotopic (exact) mass is 253 g/mol. The lowest BCUT2D eigenvalue weighted by atomic mass is 9.89. The Morgan fingerprint density at radius 2 is 2.12 bits per heavy atom. The minimum absolute atomic E-state index is 0.0608. The van der Waals surface area contributed by atoms with Crippen molar-refractivity contribution >= 4 is 17.6 Å². The molecule has 2 rings (SSSR count). The highest BCUT2D eigenvalue weighted by molar-refractivity contribution is 6.29. The number of hydrogen-bond acceptors (Lipinski definition) is 3. The zero-order chi connectivity index (χ0) is 12.3. The van der Waals surface area contributed by atoms with Gasteiger partial charge in [0, 0.05) is 6.20 Å². The summed E-state index contributed by atoms with van der Waals surface area (Å²) in [5, 5.41) is 0.316. The Hall–Kier alpha value is -1.09. The predicted molar refractivity (Wildman–Crippen MR) is 66.1 cm³/mol. The van der Waals surface area contributed by atoms with E-state index in [0.717, 1.165) is 31.6 Å². The number of esters is 1. The van der Waals surface area contributed by atoms with Crippen molar-refractivity contribution < 1.29 is 9.53 Å². The first kappa shape index (κ1) is 12.4. The molecule has 1 fully saturated rings. The van der Waals surface area contributed by atoms with E-state index in [1.54, 1.807) is 6.07 Å². The summed E-state index contributed by atoms with van der Waals surface area (Å²) in [6, 6.07) is 3.16. The second-order valence-corrected chi connectivity index (χ2v) is 5.04. The molecule has 0 N–H and O–H groups in total. The van der Waals surface area contributed by atoms with Crippen LogP contribution in [0.2, 0.25) is 5.15 Å². The van der Waals surface area contributed by atoms with Gasteiger partial charge in [-0.1, -0.05) is 18.5 Å². The van der Waals surface area contributed by atoms with Gasteiger partial charge in [0.05, 0.1) is 5.56 Å². The minimum atomic E-state index is -0.297. The van der Waals surface area contributed by atoms with Crippen LogP contribution in [0.3, 0.4) is 0 Å². The summed E-state index contributed by atoms with van der Waals surface area (Å²) < 4.78 is 5.46. The zero-order valence-electron chi connectivity index (χ0n) is 9.86. The molecule has 0 aliphatic heterocycles. The molecule has 0 amide bonds. The third-order valence-corrected chi connectivity index (χ3v) is 3.41. The summed E-state index contributed by atoms with van der Waals surface area (Å²) >= 11 is 5.73. The average Bonchev–Trinajstić information content (AvgIpc) is 2.32. The maximum atomic E-state index is 11.8. The van der Waals surface area contributed by atoms with Crippen LogP contribution in [0.15, 0.2) is 18.3 Å². The molecule has 0 spiro atoms. The summed E-state index contributed by atoms with van der Waals surface area (Å²) in [6.45, 7) is 2.24. The van der Waals surface area contributed by atoms with Crippen LogP contribution in [-0.2, 0) is 4.74 Å². The zero-order valence-corrected chi connectivity index (χ0v) is 10.6. The van der Waals surface area contributed by atoms with Gasteiger partial charge in [-0.3, -0.25) is 0 Å². The highest BCUT2D eigenvalue weighted by Crippen LogP contribution is 2.26. The van der Waals surface area contributed by atoms with Gasteiger partial charge in [-0.15, -0.1) is 0 Å². The molecule has 1 heterocycles. The first-order chi connectivity index (χ1) is 8.15. The molecular weight excluding hydrogens is 238 g/mol. The SMILES string of the molecule is CC1CCC(OC(=O)c2ccnc(Cl)c2)CC1. The molecule has 92 valence electrons. The summed E-state index contributed by atoms with van der Waals surface area (Å²) in [5.74, 6) is 0.453. The maximum Gasteiger partial charge on any atom is 0.338 e. The Kier molecular flexibility index (Phi) is 4.00. The van der Waals surface area contributed by atoms with Crippen LogP contribution in [0.5, 0.6) is 0 Å². The minimum Gasteiger partial charge on any atom is -0.459 e. The third kappa shape index (κ3) is 3.43. The lowest BCUT2D eigenvalue weighted by Crippen LogP contribution is -2.23. The molecule has 1 aliphatic carbocycles. The van der Waals surface area contributed by atoms with Gasteiger partial charge in [-0.05, 0) is 43.7 Å². The molecule has 0 unspecified atom stereocenters. The first-order valence-corrected chi connectivity index (χ1v) is 6.35. The highest BCUT2D eigenvalue weighted by Gasteiger charge is 2.22. The summed E-state index contributed by atoms with van der Waals surface area (Å²) in [7, 11) is 0. The lowest BCUT2D eigenvalue weighted by Gasteiger charge is -2.25. The van der Waals surface area contributed by atoms with Gasteiger partial charge in [-0.25, -0.2) is 9.78 Å². The molecule has 4 heteroatoms. The van der Waals surface area contributed by atoms with E-state index in [-0.39, 0.29) is 12.1 Å². The lowest BCUT2D eigenvalue weighted by molar-refractivity contribution is 0.0173. The van der Waals surface area contributed by atoms with Crippen LogP contribution in [0.4, 0.5) is 0 Å². The fourth-order valence-corrected chi connectivity index (χ4v) is 2.27. The Balaban J connectivity index is 1.93. The number of pyridine rings is 1. The van der Waals surface area contributed by atoms with Crippen LogP contribution in [-0.4, -0.2) is 17.1 Å². The second kappa shape index (κ2) is 5.50. The van der Waals surface area contributed by atoms with Crippen molar-refractivity contribution in [3.05, 3.63) is 29.0 Å². The third-order valence-electron chi connectivity index (χ3n) is 3.20. The Bertz CT molecular complexity index is 400. The van der Waals surface area contributed by atoms with Crippen molar-refractivity contribution in [1.82, 2.24) is 4.98 Å². The van der Waals surface area contributed by atoms with E-state index in [4.69, 9.17) is 16.3 Å². The van der Waals surface area contributed by atoms with Gasteiger partial charge in [0.1, 0.15) is 11.3 Å². The van der Waals surface area contributed by atoms with Crippen LogP contribution in [0.1, 0.15) is 43.0 Å². The van der Waals surface area contributed by atoms with E-state index in [1.807, 2.05) is 0 Å². The van der Waals surface area contributed by atoms with Crippen molar-refractivity contribution in [2.75, 3.05) is 0 Å². The summed E-state index contributed by atoms with van der Waals surface area (Å²) in [5.41, 5.74) is 0.476. The van der Waals surface area contributed by atoms with Crippen LogP contribution >= 0.6 is 11.6 Å². The van der Waals surface area contributed by atoms with E-state index >= 15 is 0 Å². The summed E-state index contributed by atoms with van der Waals surface area (Å²) in [4.78, 5) is 15.7. The average molecular weight is 254 g/mol. The van der Waals surface area contributed by atoms with Gasteiger partial charge in [0.2, 0.25) is 0 Å². The Morgan fingerprint density at radius 1 is 1.41 bits per heavy atom. The van der Waals surface area contributed by atoms with Crippen LogP contribution < -0.4 is 0 Å². The molecule has 17 heavy (non-hydrogen) atoms. The van der Waals surface area contributed by atoms with Gasteiger partial charge in [0.15, 0.2) is 0 Å². The molecule has 1 aromatic rings. The van der Waals surface area contributed by atoms with E-state index in [9.17, 15) is 4.79 Å². The van der Waals surface area contributed by atoms with Gasteiger partial charge >= 0.3 is 5.97 Å². The predicted octanol–water partition coefficient (Wildman–Crippen LogP) is 3.47. The fourth-order valence-electron chi connectivity index (χ4n) is 2.10. The summed E-state index contributed by atoms with van der Waals surface area (Å²) in [6.07, 6.45) is 5.77. The first-order valence-electron chi connectivity index (χ1n) is 5.97. The number of nitrogens with zero attached hydrogens (tertiary/aromatic N) is 1. The smallest absolute Gasteiger partial charge is 0.338 e. The number of hydrogen-bond donors (Lipinski definition) is 0. The second-order valence-electron chi connectivity index (χ2n) is 4.65. The van der Waals surface area contributed by atoms with E-state index in [1.165, 1.54) is 12.3 Å². The van der Waals surface area contributed by atoms with E-state index in [0.29, 0.717) is 10.7 Å². The van der Waals surface area contributed by atoms with E-state index < -0.39 is 0 Å². The molecule has 0 radical (unpaired) electrons. The van der Waals surface area contributed by atoms with Crippen molar-refractivity contribution in [2.24, 2.45) is 5.92 Å². The maximum absolute atomic E-state index is 11.8. The topological polar surface area (TPSA) is 39.2 Å². The standard InChI is InChI=1S/C13H16ClNO2/c1-9-2-4-11(5-3-9)17-13(16)10-6-7-15-12(14)8-10/h6-9,11H,2-5H2,1H3. The fraction of sp³-hybridized carbons (Fsp3) is 0.538. The van der Waals surface area contributed by atoms with Crippen molar-refractivity contribution in [2.45, 2.75) is 38.7 Å². The number of carbonyl (C=O) groups excluding carboxylic acids is 1. The highest BCUT2D eigenvalue weighted by atomic mass is 35.5. The van der Waals surface area contributed by atoms with Crippen LogP contribution in [0.25, 0.3) is 0 Å². The number of carbonyl (C=O) groups is 1. The number of ether oxygens (including phenoxy) is 1. The number of halogens is 1. The Labute approximate surface area is 106 Å². The normalized spacial score (nSPS) is 24.4. The molecule has 1 aromatic heterocycles. The molecule has 0 atom stereocenters. The number of rotatable bonds is 2. The Morgan fingerprint density at radius 3 is 2.76 bits per heavy atom. The molecule has 3 nitrogen and oxygen atoms in total. The van der Waals surface area contributed by atoms with Crippen molar-refractivity contribution in [1.29, 1.82) is 0 Å². The quantitative estimate of drug-likeness (QED) is 0.598. The molecule has 0 saturated heterocycles. The van der Waals surface area contributed by atoms with Crippen molar-refractivity contribution in [3.8, 4) is 0 Å². The van der Waals surface area contributed by atoms with Gasteiger partial charge in [0.25, 0.3) is 0 Å². The molecule has 0 bridgehead atoms. The molecule has 0 aromatic carbocycles. The van der Waals surface area contributed by atoms with Gasteiger partial charge in [-0.2, -0.15) is 0 Å². The van der Waals surface area contributed by atoms with E-state index in [2.05, 4.69) is 11.9 Å². The van der Waals surface area contributed by atoms with Crippen molar-refractivity contribution in [3.63, 3.8) is 0 Å². The number of aromatic nitrogens is 1. The van der Waals surface area contributed by atoms with Gasteiger partial charge < -0.3 is 4.74 Å². The molecule has 1 aliphatic rings. The van der Waals surface area contributed by atoms with Crippen LogP contribution in [0, 0.1) is 5.92 Å². The largest absolute Gasteiger partial charge is 0.459 e. The molecular formula is C13H16ClNO2.